The number of aliphatic imine (C=N–C) groups is 2. The normalized spacial score (nSPS) is 16.3. The average molecular weight is 301 g/mol. The van der Waals surface area contributed by atoms with Crippen LogP contribution in [-0.4, -0.2) is 28.5 Å². The summed E-state index contributed by atoms with van der Waals surface area (Å²) in [6, 6.07) is 6.70. The predicted octanol–water partition coefficient (Wildman–Crippen LogP) is 4.79. The summed E-state index contributed by atoms with van der Waals surface area (Å²) in [5, 5.41) is 0. The highest BCUT2D eigenvalue weighted by molar-refractivity contribution is 6.00. The van der Waals surface area contributed by atoms with Gasteiger partial charge in [-0.15, -0.1) is 0 Å². The smallest absolute Gasteiger partial charge is 0.0845 e. The van der Waals surface area contributed by atoms with Crippen LogP contribution in [0.25, 0.3) is 0 Å². The molecule has 22 heavy (non-hydrogen) atoms. The molecule has 2 atom stereocenters. The summed E-state index contributed by atoms with van der Waals surface area (Å²) >= 11 is 0. The zero-order valence-corrected chi connectivity index (χ0v) is 15.4. The summed E-state index contributed by atoms with van der Waals surface area (Å²) in [5.74, 6) is 1.07. The van der Waals surface area contributed by atoms with Gasteiger partial charge in [0, 0.05) is 12.1 Å². The van der Waals surface area contributed by atoms with E-state index in [0.29, 0.717) is 23.9 Å². The molecule has 1 rings (SSSR count). The van der Waals surface area contributed by atoms with E-state index in [1.165, 1.54) is 0 Å². The Hall–Kier alpha value is -1.51. The first-order valence-electron chi connectivity index (χ1n) is 8.29. The van der Waals surface area contributed by atoms with Crippen LogP contribution < -0.4 is 0 Å². The molecular formula is C19H31N3. The molecule has 0 aliphatic heterocycles. The van der Waals surface area contributed by atoms with E-state index in [4.69, 9.17) is 15.0 Å². The van der Waals surface area contributed by atoms with Crippen LogP contribution in [0.5, 0.6) is 0 Å². The van der Waals surface area contributed by atoms with E-state index in [0.717, 1.165) is 22.8 Å². The third-order valence-corrected chi connectivity index (χ3v) is 4.21. The molecule has 0 bridgehead atoms. The van der Waals surface area contributed by atoms with Crippen LogP contribution in [0.4, 0.5) is 0 Å². The van der Waals surface area contributed by atoms with Crippen molar-refractivity contribution in [2.24, 2.45) is 21.8 Å². The van der Waals surface area contributed by atoms with Gasteiger partial charge in [-0.1, -0.05) is 33.8 Å². The van der Waals surface area contributed by atoms with E-state index in [1.807, 2.05) is 32.0 Å². The molecule has 0 spiro atoms. The molecule has 1 heterocycles. The standard InChI is InChI=1S/C19H31N3/c1-12(2)14(5)20-16(7)18-10-9-11-19(22-18)17(8)21-15(6)13(3)4/h9-15H,1-8H3/t14-,15-/m0/s1. The van der Waals surface area contributed by atoms with Crippen molar-refractivity contribution in [2.45, 2.75) is 67.5 Å². The Morgan fingerprint density at radius 1 is 0.773 bits per heavy atom. The largest absolute Gasteiger partial charge is 0.285 e. The molecule has 3 nitrogen and oxygen atoms in total. The maximum atomic E-state index is 4.75. The lowest BCUT2D eigenvalue weighted by Gasteiger charge is -2.13. The van der Waals surface area contributed by atoms with Crippen LogP contribution in [0.2, 0.25) is 0 Å². The Labute approximate surface area is 136 Å². The fourth-order valence-corrected chi connectivity index (χ4v) is 1.88. The maximum absolute atomic E-state index is 4.75. The number of rotatable bonds is 6. The summed E-state index contributed by atoms with van der Waals surface area (Å²) in [6.45, 7) is 17.1. The lowest BCUT2D eigenvalue weighted by atomic mass is 10.1. The molecule has 0 fully saturated rings. The summed E-state index contributed by atoms with van der Waals surface area (Å²) in [5.41, 5.74) is 3.87. The first kappa shape index (κ1) is 18.5. The third-order valence-electron chi connectivity index (χ3n) is 4.21. The van der Waals surface area contributed by atoms with Gasteiger partial charge in [-0.2, -0.15) is 0 Å². The summed E-state index contributed by atoms with van der Waals surface area (Å²) in [6.07, 6.45) is 0. The monoisotopic (exact) mass is 301 g/mol. The molecule has 0 aliphatic carbocycles. The van der Waals surface area contributed by atoms with Gasteiger partial charge in [0.15, 0.2) is 0 Å². The van der Waals surface area contributed by atoms with Crippen molar-refractivity contribution < 1.29 is 0 Å². The second kappa shape index (κ2) is 8.21. The SMILES string of the molecule is CC(=N[C@@H](C)C(C)C)c1cccc(C(C)=N[C@@H](C)C(C)C)n1. The molecule has 0 aromatic carbocycles. The molecule has 0 unspecified atom stereocenters. The van der Waals surface area contributed by atoms with E-state index < -0.39 is 0 Å². The molecule has 3 heteroatoms. The highest BCUT2D eigenvalue weighted by Crippen LogP contribution is 2.11. The van der Waals surface area contributed by atoms with E-state index in [-0.39, 0.29) is 0 Å². The van der Waals surface area contributed by atoms with Gasteiger partial charge in [-0.05, 0) is 51.7 Å². The average Bonchev–Trinajstić information content (AvgIpc) is 2.46. The highest BCUT2D eigenvalue weighted by Gasteiger charge is 2.10. The molecule has 1 aromatic heterocycles. The molecule has 0 aliphatic rings. The zero-order valence-electron chi connectivity index (χ0n) is 15.4. The van der Waals surface area contributed by atoms with E-state index in [2.05, 4.69) is 41.5 Å². The second-order valence-corrected chi connectivity index (χ2v) is 6.81. The van der Waals surface area contributed by atoms with Gasteiger partial charge in [0.25, 0.3) is 0 Å². The van der Waals surface area contributed by atoms with Crippen LogP contribution in [-0.2, 0) is 0 Å². The van der Waals surface area contributed by atoms with Crippen LogP contribution in [0.3, 0.4) is 0 Å². The van der Waals surface area contributed by atoms with Crippen LogP contribution in [0.1, 0.15) is 66.8 Å². The van der Waals surface area contributed by atoms with Gasteiger partial charge >= 0.3 is 0 Å². The van der Waals surface area contributed by atoms with Crippen LogP contribution >= 0.6 is 0 Å². The van der Waals surface area contributed by atoms with Gasteiger partial charge in [-0.3, -0.25) is 9.98 Å². The predicted molar refractivity (Wildman–Crippen MR) is 97.3 cm³/mol. The van der Waals surface area contributed by atoms with Gasteiger partial charge in [-0.25, -0.2) is 4.98 Å². The summed E-state index contributed by atoms with van der Waals surface area (Å²) < 4.78 is 0. The number of aromatic nitrogens is 1. The Bertz CT molecular complexity index is 496. The minimum absolute atomic E-state index is 0.307. The molecule has 0 radical (unpaired) electrons. The molecule has 122 valence electrons. The topological polar surface area (TPSA) is 37.6 Å². The Morgan fingerprint density at radius 3 is 1.45 bits per heavy atom. The minimum Gasteiger partial charge on any atom is -0.285 e. The highest BCUT2D eigenvalue weighted by atomic mass is 14.9. The number of nitrogens with zero attached hydrogens (tertiary/aromatic N) is 3. The van der Waals surface area contributed by atoms with Crippen LogP contribution in [0, 0.1) is 11.8 Å². The van der Waals surface area contributed by atoms with Crippen molar-refractivity contribution in [3.63, 3.8) is 0 Å². The first-order valence-corrected chi connectivity index (χ1v) is 8.29. The lowest BCUT2D eigenvalue weighted by molar-refractivity contribution is 0.531. The molecule has 0 N–H and O–H groups in total. The third kappa shape index (κ3) is 5.36. The van der Waals surface area contributed by atoms with Crippen molar-refractivity contribution in [3.8, 4) is 0 Å². The molecule has 0 saturated carbocycles. The Morgan fingerprint density at radius 2 is 1.14 bits per heavy atom. The van der Waals surface area contributed by atoms with Crippen molar-refractivity contribution in [3.05, 3.63) is 29.6 Å². The minimum atomic E-state index is 0.307. The number of pyridine rings is 1. The lowest BCUT2D eigenvalue weighted by Crippen LogP contribution is -2.14. The van der Waals surface area contributed by atoms with Gasteiger partial charge < -0.3 is 0 Å². The zero-order chi connectivity index (χ0) is 16.9. The Kier molecular flexibility index (Phi) is 6.92. The molecule has 1 aromatic rings. The quantitative estimate of drug-likeness (QED) is 0.696. The van der Waals surface area contributed by atoms with Crippen molar-refractivity contribution in [1.29, 1.82) is 0 Å². The second-order valence-electron chi connectivity index (χ2n) is 6.81. The van der Waals surface area contributed by atoms with Gasteiger partial charge in [0.05, 0.1) is 22.8 Å². The summed E-state index contributed by atoms with van der Waals surface area (Å²) in [4.78, 5) is 14.2. The van der Waals surface area contributed by atoms with Crippen molar-refractivity contribution in [1.82, 2.24) is 4.98 Å². The number of hydrogen-bond donors (Lipinski definition) is 0. The maximum Gasteiger partial charge on any atom is 0.0845 e. The van der Waals surface area contributed by atoms with Gasteiger partial charge in [0.1, 0.15) is 0 Å². The van der Waals surface area contributed by atoms with E-state index in [9.17, 15) is 0 Å². The van der Waals surface area contributed by atoms with Crippen molar-refractivity contribution >= 4 is 11.4 Å². The Balaban J connectivity index is 3.04. The fourth-order valence-electron chi connectivity index (χ4n) is 1.88. The molecular weight excluding hydrogens is 270 g/mol. The summed E-state index contributed by atoms with van der Waals surface area (Å²) in [7, 11) is 0. The first-order chi connectivity index (χ1) is 10.2. The van der Waals surface area contributed by atoms with E-state index >= 15 is 0 Å². The molecule has 0 amide bonds. The van der Waals surface area contributed by atoms with Gasteiger partial charge in [0.2, 0.25) is 0 Å². The number of hydrogen-bond acceptors (Lipinski definition) is 3. The van der Waals surface area contributed by atoms with Crippen LogP contribution in [0.15, 0.2) is 28.2 Å². The van der Waals surface area contributed by atoms with E-state index in [1.54, 1.807) is 0 Å². The van der Waals surface area contributed by atoms with Crippen molar-refractivity contribution in [2.75, 3.05) is 0 Å². The fraction of sp³-hybridized carbons (Fsp3) is 0.632. The molecule has 0 saturated heterocycles.